The maximum absolute atomic E-state index is 12.4. The van der Waals surface area contributed by atoms with Gasteiger partial charge in [0.15, 0.2) is 0 Å². The second-order valence-electron chi connectivity index (χ2n) is 6.38. The molecule has 0 bridgehead atoms. The van der Waals surface area contributed by atoms with E-state index in [-0.39, 0.29) is 5.91 Å². The third-order valence-corrected chi connectivity index (χ3v) is 4.61. The normalized spacial score (nSPS) is 13.5. The smallest absolute Gasteiger partial charge is 0.255 e. The highest BCUT2D eigenvalue weighted by atomic mass is 35.5. The van der Waals surface area contributed by atoms with E-state index in [0.29, 0.717) is 29.4 Å². The van der Waals surface area contributed by atoms with Gasteiger partial charge in [0.2, 0.25) is 0 Å². The minimum atomic E-state index is -0.229. The van der Waals surface area contributed by atoms with Crippen molar-refractivity contribution in [3.8, 4) is 5.75 Å². The molecule has 2 heterocycles. The lowest BCUT2D eigenvalue weighted by Gasteiger charge is -2.18. The summed E-state index contributed by atoms with van der Waals surface area (Å²) >= 11 is 5.98. The summed E-state index contributed by atoms with van der Waals surface area (Å²) in [6.45, 7) is 4.94. The van der Waals surface area contributed by atoms with Crippen LogP contribution in [0, 0.1) is 6.92 Å². The first-order valence-electron chi connectivity index (χ1n) is 9.03. The zero-order chi connectivity index (χ0) is 19.2. The number of carbonyl (C=O) groups is 1. The molecule has 8 heteroatoms. The van der Waals surface area contributed by atoms with Crippen molar-refractivity contribution in [3.05, 3.63) is 40.7 Å². The summed E-state index contributed by atoms with van der Waals surface area (Å²) in [4.78, 5) is 23.6. The maximum Gasteiger partial charge on any atom is 0.255 e. The van der Waals surface area contributed by atoms with Crippen LogP contribution in [0.15, 0.2) is 24.3 Å². The highest BCUT2D eigenvalue weighted by Crippen LogP contribution is 2.22. The summed E-state index contributed by atoms with van der Waals surface area (Å²) in [6, 6.07) is 6.92. The number of aromatic nitrogens is 2. The molecule has 0 atom stereocenters. The van der Waals surface area contributed by atoms with Crippen LogP contribution in [0.4, 0.5) is 11.6 Å². The summed E-state index contributed by atoms with van der Waals surface area (Å²) in [7, 11) is 1.52. The predicted octanol–water partition coefficient (Wildman–Crippen LogP) is 2.89. The molecule has 1 aromatic carbocycles. The molecule has 7 nitrogen and oxygen atoms in total. The number of amides is 1. The van der Waals surface area contributed by atoms with E-state index < -0.39 is 0 Å². The molecule has 1 fully saturated rings. The van der Waals surface area contributed by atoms with Crippen LogP contribution in [0.1, 0.15) is 29.0 Å². The van der Waals surface area contributed by atoms with Gasteiger partial charge < -0.3 is 20.3 Å². The van der Waals surface area contributed by atoms with Gasteiger partial charge in [0.25, 0.3) is 5.91 Å². The van der Waals surface area contributed by atoms with Gasteiger partial charge in [-0.2, -0.15) is 0 Å². The number of benzene rings is 1. The van der Waals surface area contributed by atoms with Crippen molar-refractivity contribution >= 4 is 29.1 Å². The molecule has 2 N–H and O–H groups in total. The summed E-state index contributed by atoms with van der Waals surface area (Å²) in [5.41, 5.74) is 0.416. The number of hydrogen-bond donors (Lipinski definition) is 2. The average molecular weight is 390 g/mol. The lowest BCUT2D eigenvalue weighted by Crippen LogP contribution is -2.29. The Hall–Kier alpha value is -2.54. The van der Waals surface area contributed by atoms with Crippen LogP contribution in [-0.4, -0.2) is 49.2 Å². The summed E-state index contributed by atoms with van der Waals surface area (Å²) < 4.78 is 5.22. The first-order valence-corrected chi connectivity index (χ1v) is 9.41. The lowest BCUT2D eigenvalue weighted by atomic mass is 10.2. The van der Waals surface area contributed by atoms with Crippen molar-refractivity contribution < 1.29 is 9.53 Å². The number of nitrogens with one attached hydrogen (secondary N) is 2. The Labute approximate surface area is 164 Å². The largest absolute Gasteiger partial charge is 0.496 e. The van der Waals surface area contributed by atoms with Gasteiger partial charge >= 0.3 is 0 Å². The Kier molecular flexibility index (Phi) is 6.34. The quantitative estimate of drug-likeness (QED) is 0.709. The third-order valence-electron chi connectivity index (χ3n) is 4.38. The van der Waals surface area contributed by atoms with E-state index in [1.807, 2.05) is 13.0 Å². The average Bonchev–Trinajstić information content (AvgIpc) is 3.19. The number of methoxy groups -OCH3 is 1. The highest BCUT2D eigenvalue weighted by Gasteiger charge is 2.15. The molecule has 0 saturated carbocycles. The summed E-state index contributed by atoms with van der Waals surface area (Å²) in [6.07, 6.45) is 2.40. The number of halogens is 1. The van der Waals surface area contributed by atoms with Crippen molar-refractivity contribution in [1.29, 1.82) is 0 Å². The Morgan fingerprint density at radius 2 is 2.00 bits per heavy atom. The second-order valence-corrected chi connectivity index (χ2v) is 6.82. The number of carbonyl (C=O) groups excluding carboxylic acids is 1. The van der Waals surface area contributed by atoms with Crippen LogP contribution in [0.2, 0.25) is 5.02 Å². The molecule has 0 aliphatic carbocycles. The van der Waals surface area contributed by atoms with E-state index in [9.17, 15) is 4.79 Å². The fraction of sp³-hybridized carbons (Fsp3) is 0.421. The van der Waals surface area contributed by atoms with E-state index in [0.717, 1.165) is 30.5 Å². The number of ether oxygens (including phenoxy) is 1. The molecule has 3 rings (SSSR count). The Bertz CT molecular complexity index is 809. The van der Waals surface area contributed by atoms with Crippen molar-refractivity contribution in [2.75, 3.05) is 43.5 Å². The van der Waals surface area contributed by atoms with Crippen molar-refractivity contribution in [2.45, 2.75) is 19.8 Å². The summed E-state index contributed by atoms with van der Waals surface area (Å²) in [5, 5.41) is 6.60. The van der Waals surface area contributed by atoms with Gasteiger partial charge in [0, 0.05) is 37.3 Å². The van der Waals surface area contributed by atoms with E-state index >= 15 is 0 Å². The molecule has 1 aliphatic rings. The topological polar surface area (TPSA) is 79.4 Å². The maximum atomic E-state index is 12.4. The fourth-order valence-corrected chi connectivity index (χ4v) is 3.24. The molecule has 144 valence electrons. The molecule has 0 radical (unpaired) electrons. The number of hydrogen-bond acceptors (Lipinski definition) is 6. The molecule has 0 unspecified atom stereocenters. The van der Waals surface area contributed by atoms with Gasteiger partial charge in [-0.1, -0.05) is 11.6 Å². The van der Waals surface area contributed by atoms with Crippen molar-refractivity contribution in [1.82, 2.24) is 15.3 Å². The standard InChI is InChI=1S/C19H24ClN5O2/c1-13-23-17(12-18(24-13)25-9-3-4-10-25)21-7-8-22-19(26)15-11-14(20)5-6-16(15)27-2/h5-6,11-12H,3-4,7-10H2,1-2H3,(H,22,26)(H,21,23,24). The Morgan fingerprint density at radius 3 is 2.74 bits per heavy atom. The highest BCUT2D eigenvalue weighted by molar-refractivity contribution is 6.31. The van der Waals surface area contributed by atoms with Gasteiger partial charge in [-0.05, 0) is 38.0 Å². The van der Waals surface area contributed by atoms with Crippen LogP contribution in [0.5, 0.6) is 5.75 Å². The third kappa shape index (κ3) is 5.01. The molecule has 0 spiro atoms. The van der Waals surface area contributed by atoms with Crippen LogP contribution in [0.3, 0.4) is 0 Å². The molecular weight excluding hydrogens is 366 g/mol. The summed E-state index contributed by atoms with van der Waals surface area (Å²) in [5.74, 6) is 2.71. The van der Waals surface area contributed by atoms with Crippen LogP contribution < -0.4 is 20.3 Å². The fourth-order valence-electron chi connectivity index (χ4n) is 3.07. The minimum Gasteiger partial charge on any atom is -0.496 e. The van der Waals surface area contributed by atoms with Crippen molar-refractivity contribution in [3.63, 3.8) is 0 Å². The number of anilines is 2. The van der Waals surface area contributed by atoms with Crippen LogP contribution in [0.25, 0.3) is 0 Å². The number of nitrogens with zero attached hydrogens (tertiary/aromatic N) is 3. The SMILES string of the molecule is COc1ccc(Cl)cc1C(=O)NCCNc1cc(N2CCCC2)nc(C)n1. The first kappa shape index (κ1) is 19.2. The number of rotatable bonds is 7. The van der Waals surface area contributed by atoms with Crippen molar-refractivity contribution in [2.24, 2.45) is 0 Å². The molecule has 1 aromatic heterocycles. The molecular formula is C19H24ClN5O2. The van der Waals surface area contributed by atoms with Gasteiger partial charge in [0.05, 0.1) is 12.7 Å². The zero-order valence-corrected chi connectivity index (χ0v) is 16.3. The van der Waals surface area contributed by atoms with Crippen LogP contribution in [-0.2, 0) is 0 Å². The van der Waals surface area contributed by atoms with E-state index in [4.69, 9.17) is 16.3 Å². The molecule has 1 saturated heterocycles. The van der Waals surface area contributed by atoms with Crippen LogP contribution >= 0.6 is 11.6 Å². The number of aryl methyl sites for hydroxylation is 1. The molecule has 1 amide bonds. The van der Waals surface area contributed by atoms with Gasteiger partial charge in [-0.3, -0.25) is 4.79 Å². The first-order chi connectivity index (χ1) is 13.1. The van der Waals surface area contributed by atoms with Gasteiger partial charge in [-0.25, -0.2) is 9.97 Å². The lowest BCUT2D eigenvalue weighted by molar-refractivity contribution is 0.0952. The molecule has 27 heavy (non-hydrogen) atoms. The Morgan fingerprint density at radius 1 is 1.22 bits per heavy atom. The Balaban J connectivity index is 1.54. The van der Waals surface area contributed by atoms with E-state index in [1.54, 1.807) is 18.2 Å². The van der Waals surface area contributed by atoms with E-state index in [1.165, 1.54) is 20.0 Å². The van der Waals surface area contributed by atoms with Gasteiger partial charge in [-0.15, -0.1) is 0 Å². The zero-order valence-electron chi connectivity index (χ0n) is 15.6. The minimum absolute atomic E-state index is 0.229. The van der Waals surface area contributed by atoms with Gasteiger partial charge in [0.1, 0.15) is 23.2 Å². The van der Waals surface area contributed by atoms with E-state index in [2.05, 4.69) is 25.5 Å². The molecule has 1 aliphatic heterocycles. The second kappa shape index (κ2) is 8.90. The molecule has 2 aromatic rings. The predicted molar refractivity (Wildman–Crippen MR) is 107 cm³/mol. The monoisotopic (exact) mass is 389 g/mol.